The van der Waals surface area contributed by atoms with Crippen LogP contribution in [0.3, 0.4) is 0 Å². The summed E-state index contributed by atoms with van der Waals surface area (Å²) < 4.78 is 1.07. The predicted octanol–water partition coefficient (Wildman–Crippen LogP) is 2.73. The quantitative estimate of drug-likeness (QED) is 0.930. The van der Waals surface area contributed by atoms with Gasteiger partial charge in [0.1, 0.15) is 5.82 Å². The Morgan fingerprint density at radius 1 is 1.53 bits per heavy atom. The van der Waals surface area contributed by atoms with Gasteiger partial charge in [-0.25, -0.2) is 4.98 Å². The molecule has 17 heavy (non-hydrogen) atoms. The first kappa shape index (κ1) is 12.8. The van der Waals surface area contributed by atoms with Gasteiger partial charge in [-0.1, -0.05) is 6.42 Å². The summed E-state index contributed by atoms with van der Waals surface area (Å²) in [6, 6.07) is 2.74. The van der Waals surface area contributed by atoms with Crippen LogP contribution in [-0.4, -0.2) is 31.2 Å². The molecule has 0 saturated carbocycles. The molecule has 1 aromatic heterocycles. The number of likely N-dealkylation sites (N-methyl/N-ethyl adjacent to an activating group) is 1. The highest BCUT2D eigenvalue weighted by Gasteiger charge is 2.15. The second kappa shape index (κ2) is 5.83. The Morgan fingerprint density at radius 2 is 2.35 bits per heavy atom. The minimum atomic E-state index is 0.611. The van der Waals surface area contributed by atoms with Gasteiger partial charge in [-0.15, -0.1) is 0 Å². The molecular formula is C13H20BrN3. The fourth-order valence-corrected chi connectivity index (χ4v) is 2.45. The molecule has 1 fully saturated rings. The van der Waals surface area contributed by atoms with E-state index in [0.717, 1.165) is 23.4 Å². The van der Waals surface area contributed by atoms with E-state index in [2.05, 4.69) is 51.2 Å². The molecule has 0 radical (unpaired) electrons. The maximum atomic E-state index is 4.46. The van der Waals surface area contributed by atoms with Gasteiger partial charge in [-0.3, -0.25) is 0 Å². The van der Waals surface area contributed by atoms with Crippen LogP contribution in [-0.2, 0) is 0 Å². The van der Waals surface area contributed by atoms with Crippen LogP contribution in [0.15, 0.2) is 16.7 Å². The number of pyridine rings is 1. The highest BCUT2D eigenvalue weighted by molar-refractivity contribution is 9.10. The SMILES string of the molecule is Cc1cc(N(C)CC2CCCCN2)ncc1Br. The number of anilines is 1. The van der Waals surface area contributed by atoms with Crippen molar-refractivity contribution in [1.29, 1.82) is 0 Å². The van der Waals surface area contributed by atoms with Crippen molar-refractivity contribution in [2.45, 2.75) is 32.2 Å². The van der Waals surface area contributed by atoms with Crippen molar-refractivity contribution in [3.05, 3.63) is 22.3 Å². The third-order valence-electron chi connectivity index (χ3n) is 3.33. The Balaban J connectivity index is 1.98. The summed E-state index contributed by atoms with van der Waals surface area (Å²) in [5.41, 5.74) is 1.23. The molecule has 0 aromatic carbocycles. The monoisotopic (exact) mass is 297 g/mol. The number of aromatic nitrogens is 1. The first-order valence-electron chi connectivity index (χ1n) is 6.23. The number of rotatable bonds is 3. The lowest BCUT2D eigenvalue weighted by Crippen LogP contribution is -2.42. The highest BCUT2D eigenvalue weighted by atomic mass is 79.9. The van der Waals surface area contributed by atoms with E-state index >= 15 is 0 Å². The van der Waals surface area contributed by atoms with Gasteiger partial charge in [0, 0.05) is 30.3 Å². The first-order valence-corrected chi connectivity index (χ1v) is 7.03. The van der Waals surface area contributed by atoms with Crippen molar-refractivity contribution < 1.29 is 0 Å². The minimum absolute atomic E-state index is 0.611. The molecule has 2 rings (SSSR count). The predicted molar refractivity (Wildman–Crippen MR) is 75.6 cm³/mol. The molecule has 0 bridgehead atoms. The smallest absolute Gasteiger partial charge is 0.128 e. The average Bonchev–Trinajstić information content (AvgIpc) is 2.34. The lowest BCUT2D eigenvalue weighted by atomic mass is 10.0. The van der Waals surface area contributed by atoms with Gasteiger partial charge in [0.05, 0.1) is 0 Å². The Kier molecular flexibility index (Phi) is 4.40. The maximum absolute atomic E-state index is 4.46. The van der Waals surface area contributed by atoms with Gasteiger partial charge in [0.15, 0.2) is 0 Å². The summed E-state index contributed by atoms with van der Waals surface area (Å²) in [6.45, 7) is 4.29. The van der Waals surface area contributed by atoms with Crippen molar-refractivity contribution in [3.8, 4) is 0 Å². The van der Waals surface area contributed by atoms with Crippen LogP contribution in [0, 0.1) is 6.92 Å². The number of piperidine rings is 1. The fraction of sp³-hybridized carbons (Fsp3) is 0.615. The molecule has 1 saturated heterocycles. The lowest BCUT2D eigenvalue weighted by molar-refractivity contribution is 0.403. The molecule has 1 aliphatic heterocycles. The molecule has 1 atom stereocenters. The van der Waals surface area contributed by atoms with Crippen molar-refractivity contribution in [3.63, 3.8) is 0 Å². The van der Waals surface area contributed by atoms with Crippen LogP contribution in [0.1, 0.15) is 24.8 Å². The minimum Gasteiger partial charge on any atom is -0.358 e. The van der Waals surface area contributed by atoms with Gasteiger partial charge in [0.25, 0.3) is 0 Å². The summed E-state index contributed by atoms with van der Waals surface area (Å²) >= 11 is 3.48. The molecule has 2 heterocycles. The highest BCUT2D eigenvalue weighted by Crippen LogP contribution is 2.20. The van der Waals surface area contributed by atoms with Gasteiger partial charge >= 0.3 is 0 Å². The number of halogens is 1. The van der Waals surface area contributed by atoms with Crippen molar-refractivity contribution in [1.82, 2.24) is 10.3 Å². The summed E-state index contributed by atoms with van der Waals surface area (Å²) in [6.07, 6.45) is 5.82. The van der Waals surface area contributed by atoms with Crippen molar-refractivity contribution >= 4 is 21.7 Å². The number of nitrogens with zero attached hydrogens (tertiary/aromatic N) is 2. The molecule has 94 valence electrons. The molecule has 0 aliphatic carbocycles. The summed E-state index contributed by atoms with van der Waals surface area (Å²) in [7, 11) is 2.12. The zero-order valence-electron chi connectivity index (χ0n) is 10.5. The van der Waals surface area contributed by atoms with Gasteiger partial charge < -0.3 is 10.2 Å². The topological polar surface area (TPSA) is 28.2 Å². The summed E-state index contributed by atoms with van der Waals surface area (Å²) in [4.78, 5) is 6.69. The van der Waals surface area contributed by atoms with Crippen LogP contribution in [0.25, 0.3) is 0 Å². The zero-order chi connectivity index (χ0) is 12.3. The molecule has 0 spiro atoms. The molecule has 1 unspecified atom stereocenters. The number of hydrogen-bond donors (Lipinski definition) is 1. The summed E-state index contributed by atoms with van der Waals surface area (Å²) in [5.74, 6) is 1.05. The van der Waals surface area contributed by atoms with Gasteiger partial charge in [-0.05, 0) is 53.9 Å². The van der Waals surface area contributed by atoms with Crippen LogP contribution < -0.4 is 10.2 Å². The van der Waals surface area contributed by atoms with E-state index in [4.69, 9.17) is 0 Å². The van der Waals surface area contributed by atoms with Gasteiger partial charge in [-0.2, -0.15) is 0 Å². The number of nitrogens with one attached hydrogen (secondary N) is 1. The molecule has 1 aliphatic rings. The molecule has 1 aromatic rings. The van der Waals surface area contributed by atoms with E-state index < -0.39 is 0 Å². The standard InChI is InChI=1S/C13H20BrN3/c1-10-7-13(16-8-12(10)14)17(2)9-11-5-3-4-6-15-11/h7-8,11,15H,3-6,9H2,1-2H3. The first-order chi connectivity index (χ1) is 8.16. The van der Waals surface area contributed by atoms with E-state index in [0.29, 0.717) is 6.04 Å². The third-order valence-corrected chi connectivity index (χ3v) is 4.16. The van der Waals surface area contributed by atoms with E-state index in [1.807, 2.05) is 6.20 Å². The zero-order valence-corrected chi connectivity index (χ0v) is 12.1. The third kappa shape index (κ3) is 3.42. The van der Waals surface area contributed by atoms with Crippen LogP contribution in [0.2, 0.25) is 0 Å². The Hall–Kier alpha value is -0.610. The molecular weight excluding hydrogens is 278 g/mol. The fourth-order valence-electron chi connectivity index (χ4n) is 2.24. The van der Waals surface area contributed by atoms with Crippen molar-refractivity contribution in [2.75, 3.05) is 25.0 Å². The number of aryl methyl sites for hydroxylation is 1. The van der Waals surface area contributed by atoms with Crippen LogP contribution in [0.5, 0.6) is 0 Å². The van der Waals surface area contributed by atoms with E-state index in [9.17, 15) is 0 Å². The lowest BCUT2D eigenvalue weighted by Gasteiger charge is -2.29. The van der Waals surface area contributed by atoms with E-state index in [1.165, 1.54) is 24.8 Å². The van der Waals surface area contributed by atoms with Gasteiger partial charge in [0.2, 0.25) is 0 Å². The molecule has 1 N–H and O–H groups in total. The normalized spacial score (nSPS) is 20.3. The Morgan fingerprint density at radius 3 is 3.00 bits per heavy atom. The Labute approximate surface area is 112 Å². The van der Waals surface area contributed by atoms with Crippen LogP contribution >= 0.6 is 15.9 Å². The maximum Gasteiger partial charge on any atom is 0.128 e. The van der Waals surface area contributed by atoms with E-state index in [-0.39, 0.29) is 0 Å². The second-order valence-corrected chi connectivity index (χ2v) is 5.67. The van der Waals surface area contributed by atoms with E-state index in [1.54, 1.807) is 0 Å². The largest absolute Gasteiger partial charge is 0.358 e. The molecule has 0 amide bonds. The van der Waals surface area contributed by atoms with Crippen molar-refractivity contribution in [2.24, 2.45) is 0 Å². The number of hydrogen-bond acceptors (Lipinski definition) is 3. The molecule has 4 heteroatoms. The second-order valence-electron chi connectivity index (χ2n) is 4.82. The average molecular weight is 298 g/mol. The Bertz CT molecular complexity index is 375. The molecule has 3 nitrogen and oxygen atoms in total. The summed E-state index contributed by atoms with van der Waals surface area (Å²) in [5, 5.41) is 3.57. The van der Waals surface area contributed by atoms with Crippen LogP contribution in [0.4, 0.5) is 5.82 Å².